The normalized spacial score (nSPS) is 15.6. The van der Waals surface area contributed by atoms with E-state index in [0.29, 0.717) is 18.5 Å². The van der Waals surface area contributed by atoms with Crippen LogP contribution in [0.25, 0.3) is 0 Å². The second-order valence-corrected chi connectivity index (χ2v) is 7.97. The van der Waals surface area contributed by atoms with Crippen molar-refractivity contribution in [3.8, 4) is 0 Å². The van der Waals surface area contributed by atoms with E-state index in [9.17, 15) is 0 Å². The first-order valence-corrected chi connectivity index (χ1v) is 11.3. The molecule has 0 saturated carbocycles. The maximum atomic E-state index is 5.51. The molecule has 0 aromatic carbocycles. The lowest BCUT2D eigenvalue weighted by Gasteiger charge is -2.34. The minimum atomic E-state index is 0.402. The highest BCUT2D eigenvalue weighted by Crippen LogP contribution is 2.22. The van der Waals surface area contributed by atoms with Crippen molar-refractivity contribution >= 4 is 11.8 Å². The summed E-state index contributed by atoms with van der Waals surface area (Å²) in [6, 6.07) is 8.67. The highest BCUT2D eigenvalue weighted by Gasteiger charge is 2.21. The second-order valence-electron chi connectivity index (χ2n) is 7.97. The Kier molecular flexibility index (Phi) is 8.11. The van der Waals surface area contributed by atoms with Crippen LogP contribution in [0.4, 0.5) is 5.82 Å². The monoisotopic (exact) mass is 412 g/mol. The van der Waals surface area contributed by atoms with E-state index in [0.717, 1.165) is 74.2 Å². The molecule has 1 fully saturated rings. The third-order valence-electron chi connectivity index (χ3n) is 5.75. The van der Waals surface area contributed by atoms with Crippen LogP contribution in [0.2, 0.25) is 0 Å². The standard InChI is InChI=1S/C23H36N6O/c1-5-18(6-2)21-15-20(30-28-21)16-25-23(24-7-3)27-19-11-13-29(14-12-19)22-10-8-9-17(4)26-22/h8-10,15,18-19H,5-7,11-14,16H2,1-4H3,(H2,24,25,27). The van der Waals surface area contributed by atoms with Crippen molar-refractivity contribution in [2.75, 3.05) is 24.5 Å². The van der Waals surface area contributed by atoms with Crippen molar-refractivity contribution in [1.29, 1.82) is 0 Å². The molecule has 7 nitrogen and oxygen atoms in total. The lowest BCUT2D eigenvalue weighted by Crippen LogP contribution is -2.48. The van der Waals surface area contributed by atoms with Crippen LogP contribution < -0.4 is 15.5 Å². The Balaban J connectivity index is 1.54. The highest BCUT2D eigenvalue weighted by molar-refractivity contribution is 5.80. The summed E-state index contributed by atoms with van der Waals surface area (Å²) in [5.74, 6) is 3.19. The van der Waals surface area contributed by atoms with Crippen LogP contribution in [0.15, 0.2) is 33.8 Å². The Bertz CT molecular complexity index is 806. The average molecular weight is 413 g/mol. The van der Waals surface area contributed by atoms with E-state index in [4.69, 9.17) is 9.52 Å². The van der Waals surface area contributed by atoms with E-state index in [1.165, 1.54) is 0 Å². The molecule has 1 saturated heterocycles. The van der Waals surface area contributed by atoms with Crippen LogP contribution >= 0.6 is 0 Å². The molecule has 0 aliphatic carbocycles. The molecule has 30 heavy (non-hydrogen) atoms. The van der Waals surface area contributed by atoms with Crippen LogP contribution in [0, 0.1) is 6.92 Å². The number of hydrogen-bond acceptors (Lipinski definition) is 5. The number of rotatable bonds is 8. The van der Waals surface area contributed by atoms with Gasteiger partial charge in [-0.25, -0.2) is 9.98 Å². The molecule has 164 valence electrons. The van der Waals surface area contributed by atoms with E-state index < -0.39 is 0 Å². The topological polar surface area (TPSA) is 78.6 Å². The first kappa shape index (κ1) is 22.1. The van der Waals surface area contributed by atoms with Crippen molar-refractivity contribution in [3.63, 3.8) is 0 Å². The molecule has 0 unspecified atom stereocenters. The minimum absolute atomic E-state index is 0.402. The number of nitrogens with zero attached hydrogens (tertiary/aromatic N) is 4. The third-order valence-corrected chi connectivity index (χ3v) is 5.75. The van der Waals surface area contributed by atoms with E-state index in [-0.39, 0.29) is 0 Å². The van der Waals surface area contributed by atoms with Gasteiger partial charge in [0.2, 0.25) is 0 Å². The fraction of sp³-hybridized carbons (Fsp3) is 0.609. The van der Waals surface area contributed by atoms with Gasteiger partial charge in [0, 0.05) is 43.4 Å². The molecule has 2 aromatic rings. The van der Waals surface area contributed by atoms with Crippen molar-refractivity contribution in [2.45, 2.75) is 71.9 Å². The third kappa shape index (κ3) is 5.97. The first-order valence-electron chi connectivity index (χ1n) is 11.3. The van der Waals surface area contributed by atoms with Crippen molar-refractivity contribution in [1.82, 2.24) is 20.8 Å². The van der Waals surface area contributed by atoms with Crippen molar-refractivity contribution in [2.24, 2.45) is 4.99 Å². The minimum Gasteiger partial charge on any atom is -0.359 e. The fourth-order valence-corrected chi connectivity index (χ4v) is 3.93. The number of piperidine rings is 1. The van der Waals surface area contributed by atoms with Gasteiger partial charge in [-0.3, -0.25) is 0 Å². The van der Waals surface area contributed by atoms with Crippen molar-refractivity contribution in [3.05, 3.63) is 41.4 Å². The molecule has 3 rings (SSSR count). The SMILES string of the molecule is CCNC(=NCc1cc(C(CC)CC)no1)NC1CCN(c2cccc(C)n2)CC1. The van der Waals surface area contributed by atoms with Gasteiger partial charge in [-0.2, -0.15) is 0 Å². The quantitative estimate of drug-likeness (QED) is 0.504. The van der Waals surface area contributed by atoms with E-state index in [2.05, 4.69) is 64.6 Å². The average Bonchev–Trinajstić information content (AvgIpc) is 3.22. The maximum Gasteiger partial charge on any atom is 0.191 e. The smallest absolute Gasteiger partial charge is 0.191 e. The van der Waals surface area contributed by atoms with Gasteiger partial charge in [-0.1, -0.05) is 25.1 Å². The number of aliphatic imine (C=N–C) groups is 1. The predicted molar refractivity (Wildman–Crippen MR) is 122 cm³/mol. The summed E-state index contributed by atoms with van der Waals surface area (Å²) in [7, 11) is 0. The molecule has 0 amide bonds. The fourth-order valence-electron chi connectivity index (χ4n) is 3.93. The summed E-state index contributed by atoms with van der Waals surface area (Å²) >= 11 is 0. The van der Waals surface area contributed by atoms with Gasteiger partial charge in [0.05, 0.1) is 5.69 Å². The zero-order valence-corrected chi connectivity index (χ0v) is 18.8. The van der Waals surface area contributed by atoms with Gasteiger partial charge in [0.25, 0.3) is 0 Å². The summed E-state index contributed by atoms with van der Waals surface area (Å²) in [5.41, 5.74) is 2.11. The number of anilines is 1. The highest BCUT2D eigenvalue weighted by atomic mass is 16.5. The largest absolute Gasteiger partial charge is 0.359 e. The Labute approximate surface area is 180 Å². The van der Waals surface area contributed by atoms with E-state index in [1.54, 1.807) is 0 Å². The molecule has 2 N–H and O–H groups in total. The van der Waals surface area contributed by atoms with Gasteiger partial charge in [0.1, 0.15) is 12.4 Å². The molecule has 0 atom stereocenters. The van der Waals surface area contributed by atoms with E-state index >= 15 is 0 Å². The molecular weight excluding hydrogens is 376 g/mol. The zero-order valence-electron chi connectivity index (χ0n) is 18.8. The molecule has 7 heteroatoms. The Hall–Kier alpha value is -2.57. The maximum absolute atomic E-state index is 5.51. The summed E-state index contributed by atoms with van der Waals surface area (Å²) in [6.07, 6.45) is 4.27. The Morgan fingerprint density at radius 1 is 1.23 bits per heavy atom. The second kappa shape index (κ2) is 11.0. The van der Waals surface area contributed by atoms with Crippen molar-refractivity contribution < 1.29 is 4.52 Å². The van der Waals surface area contributed by atoms with Gasteiger partial charge >= 0.3 is 0 Å². The summed E-state index contributed by atoms with van der Waals surface area (Å²) < 4.78 is 5.51. The first-order chi connectivity index (χ1) is 14.6. The lowest BCUT2D eigenvalue weighted by molar-refractivity contribution is 0.372. The van der Waals surface area contributed by atoms with Gasteiger partial charge in [0.15, 0.2) is 11.7 Å². The van der Waals surface area contributed by atoms with Gasteiger partial charge in [-0.05, 0) is 51.7 Å². The lowest BCUT2D eigenvalue weighted by atomic mass is 9.99. The molecule has 1 aliphatic heterocycles. The number of aryl methyl sites for hydroxylation is 1. The number of nitrogens with one attached hydrogen (secondary N) is 2. The summed E-state index contributed by atoms with van der Waals surface area (Å²) in [6.45, 7) is 11.8. The number of hydrogen-bond donors (Lipinski definition) is 2. The van der Waals surface area contributed by atoms with E-state index in [1.807, 2.05) is 13.0 Å². The van der Waals surface area contributed by atoms with Crippen LogP contribution in [0.5, 0.6) is 0 Å². The number of guanidine groups is 1. The molecular formula is C23H36N6O. The Morgan fingerprint density at radius 2 is 2.00 bits per heavy atom. The number of aromatic nitrogens is 2. The molecule has 3 heterocycles. The van der Waals surface area contributed by atoms with Crippen LogP contribution in [0.3, 0.4) is 0 Å². The molecule has 2 aromatic heterocycles. The Morgan fingerprint density at radius 3 is 2.67 bits per heavy atom. The number of pyridine rings is 1. The van der Waals surface area contributed by atoms with Gasteiger partial charge < -0.3 is 20.1 Å². The molecule has 1 aliphatic rings. The zero-order chi connectivity index (χ0) is 21.3. The summed E-state index contributed by atoms with van der Waals surface area (Å²) in [4.78, 5) is 11.7. The summed E-state index contributed by atoms with van der Waals surface area (Å²) in [5, 5.41) is 11.2. The van der Waals surface area contributed by atoms with Crippen LogP contribution in [0.1, 0.15) is 69.5 Å². The molecule has 0 bridgehead atoms. The van der Waals surface area contributed by atoms with Crippen LogP contribution in [-0.4, -0.2) is 41.8 Å². The molecule has 0 spiro atoms. The van der Waals surface area contributed by atoms with Crippen LogP contribution in [-0.2, 0) is 6.54 Å². The predicted octanol–water partition coefficient (Wildman–Crippen LogP) is 4.01. The van der Waals surface area contributed by atoms with Gasteiger partial charge in [-0.15, -0.1) is 0 Å². The molecule has 0 radical (unpaired) electrons.